The summed E-state index contributed by atoms with van der Waals surface area (Å²) in [6.45, 7) is 0. The van der Waals surface area contributed by atoms with E-state index in [4.69, 9.17) is 0 Å². The Morgan fingerprint density at radius 1 is 0.386 bits per heavy atom. The van der Waals surface area contributed by atoms with Crippen LogP contribution in [-0.4, -0.2) is 0 Å². The van der Waals surface area contributed by atoms with Gasteiger partial charge in [0.25, 0.3) is 0 Å². The van der Waals surface area contributed by atoms with Crippen LogP contribution in [0.15, 0.2) is 194 Å². The molecule has 0 N–H and O–H groups in total. The van der Waals surface area contributed by atoms with E-state index in [0.717, 1.165) is 34.8 Å². The third-order valence-electron chi connectivity index (χ3n) is 14.9. The van der Waals surface area contributed by atoms with Crippen molar-refractivity contribution in [1.29, 1.82) is 0 Å². The van der Waals surface area contributed by atoms with E-state index >= 15 is 0 Å². The van der Waals surface area contributed by atoms with Crippen molar-refractivity contribution in [3.05, 3.63) is 200 Å². The first-order valence-electron chi connectivity index (χ1n) is 21.0. The molecule has 0 radical (unpaired) electrons. The highest BCUT2D eigenvalue weighted by Crippen LogP contribution is 2.84. The molecule has 57 heavy (non-hydrogen) atoms. The lowest BCUT2D eigenvalue weighted by atomic mass is 9.38. The van der Waals surface area contributed by atoms with E-state index in [2.05, 4.69) is 199 Å². The van der Waals surface area contributed by atoms with Gasteiger partial charge < -0.3 is 4.90 Å². The number of fused-ring (bicyclic) bond motifs is 2. The van der Waals surface area contributed by atoms with E-state index in [0.29, 0.717) is 10.8 Å². The summed E-state index contributed by atoms with van der Waals surface area (Å²) < 4.78 is 0. The number of anilines is 3. The fourth-order valence-corrected chi connectivity index (χ4v) is 12.2. The SMILES string of the molecule is c1ccc(-c2ccc(N(c3ccc(-c4ccccc4)cc3)c3ccc(-c4ccc5cc(C67CC8CC9CC(C6)C98C7)cc(-c6ccccc6)c5c4)cc3)cc2)cc1. The Hall–Kier alpha value is -6.18. The summed E-state index contributed by atoms with van der Waals surface area (Å²) in [6.07, 6.45) is 7.26. The van der Waals surface area contributed by atoms with Crippen molar-refractivity contribution in [2.24, 2.45) is 23.2 Å². The molecule has 0 amide bonds. The molecule has 0 aromatic heterocycles. The number of hydrogen-bond acceptors (Lipinski definition) is 1. The first-order valence-corrected chi connectivity index (χ1v) is 21.0. The van der Waals surface area contributed by atoms with Crippen molar-refractivity contribution in [3.8, 4) is 44.5 Å². The standard InChI is InChI=1S/C56H45N/c1-4-10-38(11-5-1)40-18-24-50(25-19-40)57(51-26-20-41(21-27-51)39-12-6-2-7-13-39)52-28-22-42(23-29-52)44-16-17-45-30-46(34-54(53(45)31-44)43-14-8-3-9-15-43)55-35-48-32-47-33-49(36-55)56(47,48)37-55/h1-31,34,47-49H,32-33,35-37H2. The summed E-state index contributed by atoms with van der Waals surface area (Å²) >= 11 is 0. The molecule has 1 spiro atoms. The average Bonchev–Trinajstić information content (AvgIpc) is 3.77. The Morgan fingerprint density at radius 3 is 1.30 bits per heavy atom. The van der Waals surface area contributed by atoms with Gasteiger partial charge in [0.1, 0.15) is 0 Å². The number of benzene rings is 8. The minimum absolute atomic E-state index is 0.377. The molecule has 12 rings (SSSR count). The third kappa shape index (κ3) is 5.14. The van der Waals surface area contributed by atoms with Gasteiger partial charge in [-0.3, -0.25) is 0 Å². The lowest BCUT2D eigenvalue weighted by molar-refractivity contribution is -0.175. The van der Waals surface area contributed by atoms with Gasteiger partial charge >= 0.3 is 0 Å². The van der Waals surface area contributed by atoms with Gasteiger partial charge in [0.05, 0.1) is 0 Å². The molecule has 0 aliphatic heterocycles. The van der Waals surface area contributed by atoms with Gasteiger partial charge in [0, 0.05) is 17.1 Å². The molecule has 0 saturated heterocycles. The Bertz CT molecular complexity index is 2650. The van der Waals surface area contributed by atoms with Crippen molar-refractivity contribution in [2.75, 3.05) is 4.90 Å². The summed E-state index contributed by atoms with van der Waals surface area (Å²) in [5.74, 6) is 3.00. The van der Waals surface area contributed by atoms with Crippen molar-refractivity contribution in [1.82, 2.24) is 0 Å². The van der Waals surface area contributed by atoms with Crippen molar-refractivity contribution in [2.45, 2.75) is 37.5 Å². The molecule has 274 valence electrons. The van der Waals surface area contributed by atoms with E-state index in [1.165, 1.54) is 87.4 Å². The van der Waals surface area contributed by atoms with E-state index < -0.39 is 0 Å². The van der Waals surface area contributed by atoms with Crippen LogP contribution in [0.1, 0.15) is 37.7 Å². The van der Waals surface area contributed by atoms with Crippen molar-refractivity contribution in [3.63, 3.8) is 0 Å². The third-order valence-corrected chi connectivity index (χ3v) is 14.9. The normalized spacial score (nSPS) is 23.8. The summed E-state index contributed by atoms with van der Waals surface area (Å²) in [5.41, 5.74) is 16.1. The molecule has 2 unspecified atom stereocenters. The van der Waals surface area contributed by atoms with E-state index in [9.17, 15) is 0 Å². The van der Waals surface area contributed by atoms with E-state index in [1.54, 1.807) is 5.56 Å². The van der Waals surface area contributed by atoms with Crippen LogP contribution in [0.5, 0.6) is 0 Å². The fraction of sp³-hybridized carbons (Fsp3) is 0.179. The van der Waals surface area contributed by atoms with Crippen molar-refractivity contribution < 1.29 is 0 Å². The van der Waals surface area contributed by atoms with Gasteiger partial charge in [-0.2, -0.15) is 0 Å². The highest BCUT2D eigenvalue weighted by atomic mass is 15.1. The molecular weight excluding hydrogens is 687 g/mol. The van der Waals surface area contributed by atoms with Crippen molar-refractivity contribution >= 4 is 27.8 Å². The number of nitrogens with zero attached hydrogens (tertiary/aromatic N) is 1. The quantitative estimate of drug-likeness (QED) is 0.150. The molecule has 2 atom stereocenters. The molecule has 4 fully saturated rings. The summed E-state index contributed by atoms with van der Waals surface area (Å²) in [5, 5.41) is 2.72. The van der Waals surface area contributed by atoms with Crippen LogP contribution in [-0.2, 0) is 5.41 Å². The first kappa shape index (κ1) is 33.0. The van der Waals surface area contributed by atoms with Crippen LogP contribution < -0.4 is 4.90 Å². The Kier molecular flexibility index (Phi) is 7.33. The van der Waals surface area contributed by atoms with Crippen LogP contribution in [0.25, 0.3) is 55.3 Å². The van der Waals surface area contributed by atoms with Crippen LogP contribution in [0, 0.1) is 23.2 Å². The Labute approximate surface area is 336 Å². The predicted octanol–water partition coefficient (Wildman–Crippen LogP) is 15.1. The Balaban J connectivity index is 0.913. The average molecular weight is 732 g/mol. The van der Waals surface area contributed by atoms with Crippen LogP contribution in [0.2, 0.25) is 0 Å². The maximum absolute atomic E-state index is 2.61. The maximum atomic E-state index is 2.61. The molecule has 4 saturated carbocycles. The molecule has 4 aliphatic carbocycles. The highest BCUT2D eigenvalue weighted by molar-refractivity contribution is 6.00. The summed E-state index contributed by atoms with van der Waals surface area (Å²) in [4.78, 5) is 2.37. The molecule has 8 aromatic rings. The molecule has 0 heterocycles. The zero-order valence-electron chi connectivity index (χ0n) is 32.2. The topological polar surface area (TPSA) is 3.24 Å². The van der Waals surface area contributed by atoms with Gasteiger partial charge in [-0.25, -0.2) is 0 Å². The minimum Gasteiger partial charge on any atom is -0.311 e. The van der Waals surface area contributed by atoms with Gasteiger partial charge in [0.15, 0.2) is 0 Å². The largest absolute Gasteiger partial charge is 0.311 e. The lowest BCUT2D eigenvalue weighted by Crippen LogP contribution is -2.59. The molecule has 1 heteroatoms. The maximum Gasteiger partial charge on any atom is 0.0462 e. The first-order chi connectivity index (χ1) is 28.1. The molecular formula is C56H45N. The van der Waals surface area contributed by atoms with Crippen LogP contribution in [0.3, 0.4) is 0 Å². The Morgan fingerprint density at radius 2 is 0.825 bits per heavy atom. The monoisotopic (exact) mass is 731 g/mol. The smallest absolute Gasteiger partial charge is 0.0462 e. The van der Waals surface area contributed by atoms with E-state index in [-0.39, 0.29) is 0 Å². The molecule has 2 bridgehead atoms. The number of rotatable bonds is 8. The highest BCUT2D eigenvalue weighted by Gasteiger charge is 2.77. The summed E-state index contributed by atoms with van der Waals surface area (Å²) in [6, 6.07) is 71.8. The minimum atomic E-state index is 0.377. The van der Waals surface area contributed by atoms with Gasteiger partial charge in [-0.05, 0) is 170 Å². The lowest BCUT2D eigenvalue weighted by Gasteiger charge is -2.66. The second-order valence-corrected chi connectivity index (χ2v) is 17.6. The zero-order chi connectivity index (χ0) is 37.6. The van der Waals surface area contributed by atoms with E-state index in [1.807, 2.05) is 0 Å². The van der Waals surface area contributed by atoms with Gasteiger partial charge in [-0.1, -0.05) is 146 Å². The van der Waals surface area contributed by atoms with Crippen LogP contribution >= 0.6 is 0 Å². The second kappa shape index (κ2) is 12.7. The molecule has 1 nitrogen and oxygen atoms in total. The summed E-state index contributed by atoms with van der Waals surface area (Å²) in [7, 11) is 0. The predicted molar refractivity (Wildman–Crippen MR) is 238 cm³/mol. The van der Waals surface area contributed by atoms with Gasteiger partial charge in [0.2, 0.25) is 0 Å². The fourth-order valence-electron chi connectivity index (χ4n) is 12.2. The molecule has 4 aliphatic rings. The molecule has 8 aromatic carbocycles. The second-order valence-electron chi connectivity index (χ2n) is 17.6. The number of hydrogen-bond donors (Lipinski definition) is 0. The van der Waals surface area contributed by atoms with Crippen LogP contribution in [0.4, 0.5) is 17.1 Å². The van der Waals surface area contributed by atoms with Gasteiger partial charge in [-0.15, -0.1) is 0 Å². The zero-order valence-corrected chi connectivity index (χ0v) is 32.2.